The molecule has 9 nitrogen and oxygen atoms in total. The zero-order chi connectivity index (χ0) is 22.1. The third-order valence-electron chi connectivity index (χ3n) is 6.04. The third-order valence-corrected chi connectivity index (χ3v) is 6.04. The molecule has 0 unspecified atom stereocenters. The van der Waals surface area contributed by atoms with Crippen LogP contribution in [0, 0.1) is 5.92 Å². The van der Waals surface area contributed by atoms with Crippen LogP contribution >= 0.6 is 0 Å². The van der Waals surface area contributed by atoms with Crippen LogP contribution in [-0.2, 0) is 23.2 Å². The summed E-state index contributed by atoms with van der Waals surface area (Å²) in [5, 5.41) is 7.15. The fourth-order valence-electron chi connectivity index (χ4n) is 4.03. The number of carbonyl (C=O) groups is 3. The monoisotopic (exact) mass is 425 g/mol. The highest BCUT2D eigenvalue weighted by Crippen LogP contribution is 2.33. The lowest BCUT2D eigenvalue weighted by atomic mass is 9.95. The Hall–Kier alpha value is -3.23. The Bertz CT molecular complexity index is 1060. The molecule has 1 saturated heterocycles. The van der Waals surface area contributed by atoms with Crippen LogP contribution in [0.4, 0.5) is 5.69 Å². The molecule has 0 spiro atoms. The van der Waals surface area contributed by atoms with Gasteiger partial charge in [-0.1, -0.05) is 0 Å². The first-order valence-electron chi connectivity index (χ1n) is 10.7. The summed E-state index contributed by atoms with van der Waals surface area (Å²) < 4.78 is 2.67. The SMILES string of the molecule is CC(=O)c1ccc(NC(=O)Cn2nc(C3CCN(C(=O)C4CC4)CC3)n(C)c2=O)cc1. The zero-order valence-corrected chi connectivity index (χ0v) is 17.8. The molecule has 1 aliphatic heterocycles. The number of rotatable bonds is 6. The molecule has 1 aliphatic carbocycles. The van der Waals surface area contributed by atoms with Crippen molar-refractivity contribution in [2.75, 3.05) is 18.4 Å². The standard InChI is InChI=1S/C22H27N5O4/c1-14(28)15-5-7-18(8-6-15)23-19(29)13-27-22(31)25(2)20(24-27)16-9-11-26(12-10-16)21(30)17-3-4-17/h5-8,16-17H,3-4,9-13H2,1-2H3,(H,23,29). The van der Waals surface area contributed by atoms with Crippen LogP contribution in [0.1, 0.15) is 54.7 Å². The van der Waals surface area contributed by atoms with Crippen molar-refractivity contribution in [1.29, 1.82) is 0 Å². The lowest BCUT2D eigenvalue weighted by molar-refractivity contribution is -0.133. The topological polar surface area (TPSA) is 106 Å². The van der Waals surface area contributed by atoms with E-state index in [-0.39, 0.29) is 41.7 Å². The molecule has 2 fully saturated rings. The number of carbonyl (C=O) groups excluding carboxylic acids is 3. The van der Waals surface area contributed by atoms with Gasteiger partial charge in [0, 0.05) is 43.2 Å². The highest BCUT2D eigenvalue weighted by molar-refractivity contribution is 5.95. The number of anilines is 1. The molecule has 4 rings (SSSR count). The molecule has 1 aromatic heterocycles. The van der Waals surface area contributed by atoms with Gasteiger partial charge in [-0.25, -0.2) is 9.48 Å². The first-order valence-corrected chi connectivity index (χ1v) is 10.7. The van der Waals surface area contributed by atoms with E-state index in [1.165, 1.54) is 16.2 Å². The molecule has 31 heavy (non-hydrogen) atoms. The zero-order valence-electron chi connectivity index (χ0n) is 17.8. The minimum atomic E-state index is -0.368. The molecule has 2 amide bonds. The van der Waals surface area contributed by atoms with Crippen molar-refractivity contribution in [3.63, 3.8) is 0 Å². The van der Waals surface area contributed by atoms with Gasteiger partial charge in [-0.3, -0.25) is 19.0 Å². The fourth-order valence-corrected chi connectivity index (χ4v) is 4.03. The second-order valence-electron chi connectivity index (χ2n) is 8.41. The molecule has 1 aromatic carbocycles. The van der Waals surface area contributed by atoms with E-state index in [1.54, 1.807) is 31.3 Å². The van der Waals surface area contributed by atoms with Gasteiger partial charge in [0.1, 0.15) is 12.4 Å². The smallest absolute Gasteiger partial charge is 0.342 e. The molecule has 0 bridgehead atoms. The number of likely N-dealkylation sites (tertiary alicyclic amines) is 1. The summed E-state index contributed by atoms with van der Waals surface area (Å²) in [7, 11) is 1.67. The first kappa shape index (κ1) is 21.0. The van der Waals surface area contributed by atoms with Gasteiger partial charge in [0.05, 0.1) is 0 Å². The van der Waals surface area contributed by atoms with Gasteiger partial charge in [0.15, 0.2) is 5.78 Å². The quantitative estimate of drug-likeness (QED) is 0.707. The van der Waals surface area contributed by atoms with Crippen LogP contribution in [0.25, 0.3) is 0 Å². The lowest BCUT2D eigenvalue weighted by Crippen LogP contribution is -2.39. The summed E-state index contributed by atoms with van der Waals surface area (Å²) in [4.78, 5) is 50.5. The third kappa shape index (κ3) is 4.60. The second-order valence-corrected chi connectivity index (χ2v) is 8.41. The van der Waals surface area contributed by atoms with E-state index in [9.17, 15) is 19.2 Å². The van der Waals surface area contributed by atoms with Crippen molar-refractivity contribution in [3.8, 4) is 0 Å². The summed E-state index contributed by atoms with van der Waals surface area (Å²) in [6.45, 7) is 2.64. The van der Waals surface area contributed by atoms with E-state index in [1.807, 2.05) is 4.90 Å². The summed E-state index contributed by atoms with van der Waals surface area (Å²) in [6.07, 6.45) is 3.52. The van der Waals surface area contributed by atoms with Crippen molar-refractivity contribution in [1.82, 2.24) is 19.2 Å². The molecule has 1 saturated carbocycles. The van der Waals surface area contributed by atoms with Crippen molar-refractivity contribution >= 4 is 23.3 Å². The van der Waals surface area contributed by atoms with Crippen LogP contribution in [0.5, 0.6) is 0 Å². The van der Waals surface area contributed by atoms with Crippen LogP contribution in [0.15, 0.2) is 29.1 Å². The minimum Gasteiger partial charge on any atom is -0.342 e. The number of aromatic nitrogens is 3. The maximum atomic E-state index is 12.6. The molecule has 2 aliphatic rings. The molecule has 2 aromatic rings. The maximum absolute atomic E-state index is 12.6. The van der Waals surface area contributed by atoms with E-state index in [4.69, 9.17) is 0 Å². The van der Waals surface area contributed by atoms with Gasteiger partial charge in [-0.05, 0) is 56.9 Å². The number of nitrogens with one attached hydrogen (secondary N) is 1. The average molecular weight is 425 g/mol. The van der Waals surface area contributed by atoms with Gasteiger partial charge in [0.25, 0.3) is 0 Å². The Morgan fingerprint density at radius 3 is 2.29 bits per heavy atom. The molecule has 9 heteroatoms. The molecule has 2 heterocycles. The molecule has 0 radical (unpaired) electrons. The van der Waals surface area contributed by atoms with Crippen LogP contribution in [-0.4, -0.2) is 49.9 Å². The van der Waals surface area contributed by atoms with Gasteiger partial charge >= 0.3 is 5.69 Å². The molecule has 1 N–H and O–H groups in total. The summed E-state index contributed by atoms with van der Waals surface area (Å²) >= 11 is 0. The van der Waals surface area contributed by atoms with Gasteiger partial charge in [0.2, 0.25) is 11.8 Å². The molecular weight excluding hydrogens is 398 g/mol. The minimum absolute atomic E-state index is 0.0480. The first-order chi connectivity index (χ1) is 14.8. The number of amides is 2. The van der Waals surface area contributed by atoms with Crippen LogP contribution < -0.4 is 11.0 Å². The Kier molecular flexibility index (Phi) is 5.75. The number of hydrogen-bond acceptors (Lipinski definition) is 5. The highest BCUT2D eigenvalue weighted by Gasteiger charge is 2.36. The fraction of sp³-hybridized carbons (Fsp3) is 0.500. The van der Waals surface area contributed by atoms with E-state index in [0.29, 0.717) is 30.2 Å². The van der Waals surface area contributed by atoms with E-state index in [2.05, 4.69) is 10.4 Å². The van der Waals surface area contributed by atoms with Crippen molar-refractivity contribution in [2.45, 2.75) is 45.1 Å². The summed E-state index contributed by atoms with van der Waals surface area (Å²) in [6, 6.07) is 6.59. The number of Topliss-reactive ketones (excluding diaryl/α,β-unsaturated/α-hetero) is 1. The Balaban J connectivity index is 1.38. The van der Waals surface area contributed by atoms with E-state index < -0.39 is 0 Å². The van der Waals surface area contributed by atoms with E-state index in [0.717, 1.165) is 25.7 Å². The highest BCUT2D eigenvalue weighted by atomic mass is 16.2. The van der Waals surface area contributed by atoms with Crippen molar-refractivity contribution in [3.05, 3.63) is 46.1 Å². The van der Waals surface area contributed by atoms with Crippen molar-refractivity contribution < 1.29 is 14.4 Å². The van der Waals surface area contributed by atoms with E-state index >= 15 is 0 Å². The number of ketones is 1. The Labute approximate surface area is 180 Å². The Morgan fingerprint density at radius 1 is 1.06 bits per heavy atom. The predicted molar refractivity (Wildman–Crippen MR) is 114 cm³/mol. The van der Waals surface area contributed by atoms with Gasteiger partial charge in [-0.15, -0.1) is 0 Å². The normalized spacial score (nSPS) is 16.9. The number of hydrogen-bond donors (Lipinski definition) is 1. The Morgan fingerprint density at radius 2 is 1.71 bits per heavy atom. The van der Waals surface area contributed by atoms with Crippen LogP contribution in [0.3, 0.4) is 0 Å². The molecule has 164 valence electrons. The lowest BCUT2D eigenvalue weighted by Gasteiger charge is -2.31. The predicted octanol–water partition coefficient (Wildman–Crippen LogP) is 1.54. The van der Waals surface area contributed by atoms with Crippen molar-refractivity contribution in [2.24, 2.45) is 13.0 Å². The number of nitrogens with zero attached hydrogens (tertiary/aromatic N) is 4. The van der Waals surface area contributed by atoms with Gasteiger partial charge in [-0.2, -0.15) is 5.10 Å². The summed E-state index contributed by atoms with van der Waals surface area (Å²) in [5.41, 5.74) is 0.772. The van der Waals surface area contributed by atoms with Crippen LogP contribution in [0.2, 0.25) is 0 Å². The number of benzene rings is 1. The summed E-state index contributed by atoms with van der Waals surface area (Å²) in [5.74, 6) is 0.801. The molecule has 0 atom stereocenters. The van der Waals surface area contributed by atoms with Gasteiger partial charge < -0.3 is 10.2 Å². The maximum Gasteiger partial charge on any atom is 0.346 e. The molecular formula is C22H27N5O4. The number of piperidine rings is 1. The largest absolute Gasteiger partial charge is 0.346 e. The average Bonchev–Trinajstić information content (AvgIpc) is 3.57. The second kappa shape index (κ2) is 8.49.